The number of carbonyl (C=O) groups excluding carboxylic acids is 4. The lowest BCUT2D eigenvalue weighted by molar-refractivity contribution is -0.142. The van der Waals surface area contributed by atoms with Crippen molar-refractivity contribution in [3.05, 3.63) is 11.6 Å². The lowest BCUT2D eigenvalue weighted by Crippen LogP contribution is -2.60. The molecule has 10 nitrogen and oxygen atoms in total. The third-order valence-electron chi connectivity index (χ3n) is 9.28. The molecule has 2 aliphatic heterocycles. The molecule has 0 spiro atoms. The number of rotatable bonds is 13. The molecule has 2 rings (SSSR count). The zero-order valence-electron chi connectivity index (χ0n) is 30.0. The number of nitrogens with zero attached hydrogens (tertiary/aromatic N) is 3. The lowest BCUT2D eigenvalue weighted by atomic mass is 9.84. The Balaban J connectivity index is 2.25. The number of nitrogens with one attached hydrogen (secondary N) is 2. The first-order valence-electron chi connectivity index (χ1n) is 17.1. The van der Waals surface area contributed by atoms with Crippen LogP contribution >= 0.6 is 0 Å². The Morgan fingerprint density at radius 1 is 0.911 bits per heavy atom. The average molecular weight is 634 g/mol. The van der Waals surface area contributed by atoms with Crippen LogP contribution in [0.4, 0.5) is 0 Å². The van der Waals surface area contributed by atoms with E-state index in [9.17, 15) is 24.3 Å². The number of aliphatic hydroxyl groups is 1. The maximum Gasteiger partial charge on any atom is 0.249 e. The van der Waals surface area contributed by atoms with Crippen molar-refractivity contribution in [1.82, 2.24) is 25.3 Å². The molecule has 45 heavy (non-hydrogen) atoms. The topological polar surface area (TPSA) is 122 Å². The second-order valence-corrected chi connectivity index (χ2v) is 15.4. The van der Waals surface area contributed by atoms with Gasteiger partial charge in [0.05, 0.1) is 24.7 Å². The molecule has 0 aromatic carbocycles. The molecule has 258 valence electrons. The molecule has 3 N–H and O–H groups in total. The van der Waals surface area contributed by atoms with E-state index in [4.69, 9.17) is 0 Å². The summed E-state index contributed by atoms with van der Waals surface area (Å²) in [6.07, 6.45) is 6.61. The minimum absolute atomic E-state index is 0.00758. The van der Waals surface area contributed by atoms with Crippen LogP contribution in [0, 0.1) is 17.3 Å². The van der Waals surface area contributed by atoms with Gasteiger partial charge in [-0.05, 0) is 76.7 Å². The van der Waals surface area contributed by atoms with Gasteiger partial charge in [0, 0.05) is 25.2 Å². The zero-order chi connectivity index (χ0) is 34.2. The van der Waals surface area contributed by atoms with E-state index in [1.54, 1.807) is 23.8 Å². The summed E-state index contributed by atoms with van der Waals surface area (Å²) in [6, 6.07) is -2.10. The molecule has 0 aromatic rings. The molecule has 2 heterocycles. The van der Waals surface area contributed by atoms with Gasteiger partial charge in [0.15, 0.2) is 0 Å². The van der Waals surface area contributed by atoms with Gasteiger partial charge in [0.2, 0.25) is 23.6 Å². The molecule has 0 bridgehead atoms. The molecule has 0 aliphatic carbocycles. The third kappa shape index (κ3) is 10.5. The fourth-order valence-corrected chi connectivity index (χ4v) is 6.72. The fourth-order valence-electron chi connectivity index (χ4n) is 6.72. The second kappa shape index (κ2) is 16.9. The van der Waals surface area contributed by atoms with E-state index in [2.05, 4.69) is 29.4 Å². The fraction of sp³-hybridized carbons (Fsp3) is 0.829. The van der Waals surface area contributed by atoms with Crippen LogP contribution in [0.5, 0.6) is 0 Å². The van der Waals surface area contributed by atoms with E-state index in [-0.39, 0.29) is 54.3 Å². The number of likely N-dealkylation sites (N-methyl/N-ethyl adjacent to an activating group) is 1. The maximum atomic E-state index is 14.1. The Hall–Kier alpha value is -2.46. The summed E-state index contributed by atoms with van der Waals surface area (Å²) in [7, 11) is 1.74. The van der Waals surface area contributed by atoms with Gasteiger partial charge in [-0.1, -0.05) is 61.0 Å². The van der Waals surface area contributed by atoms with Gasteiger partial charge < -0.3 is 25.5 Å². The zero-order valence-corrected chi connectivity index (χ0v) is 30.0. The van der Waals surface area contributed by atoms with E-state index >= 15 is 0 Å². The van der Waals surface area contributed by atoms with Crippen LogP contribution in [0.3, 0.4) is 0 Å². The summed E-state index contributed by atoms with van der Waals surface area (Å²) < 4.78 is 0. The molecular formula is C35H63N5O5. The van der Waals surface area contributed by atoms with Crippen molar-refractivity contribution in [2.75, 3.05) is 26.7 Å². The van der Waals surface area contributed by atoms with E-state index in [1.807, 2.05) is 54.5 Å². The van der Waals surface area contributed by atoms with Gasteiger partial charge in [-0.15, -0.1) is 0 Å². The number of carbonyl (C=O) groups is 4. The monoisotopic (exact) mass is 633 g/mol. The molecule has 0 saturated carbocycles. The standard InChI is InChI=1S/C35H63N5O5/c1-22(2)19-26(21-41)36-31(42)28-16-14-18-40(28)33(44)25(7)20-29(23(3)4)38(11)34(45)30(35(8,9)10)37-32(43)27-15-12-13-17-39(27)24(5)6/h20,22-24,26-30,41H,12-19,21H2,1-11H3,(H,36,42)(H,37,43)/b25-20+/t26-,27?,28+,29-,30-/m1/s1. The van der Waals surface area contributed by atoms with Gasteiger partial charge in [0.1, 0.15) is 12.1 Å². The number of piperidine rings is 1. The van der Waals surface area contributed by atoms with Crippen LogP contribution < -0.4 is 10.6 Å². The first-order chi connectivity index (χ1) is 20.9. The van der Waals surface area contributed by atoms with E-state index < -0.39 is 23.5 Å². The van der Waals surface area contributed by atoms with Crippen LogP contribution in [0.2, 0.25) is 0 Å². The summed E-state index contributed by atoms with van der Waals surface area (Å²) in [4.78, 5) is 60.1. The predicted octanol–water partition coefficient (Wildman–Crippen LogP) is 3.72. The Labute approximate surface area is 272 Å². The van der Waals surface area contributed by atoms with Gasteiger partial charge in [-0.2, -0.15) is 0 Å². The lowest BCUT2D eigenvalue weighted by Gasteiger charge is -2.41. The molecule has 2 aliphatic rings. The van der Waals surface area contributed by atoms with Crippen molar-refractivity contribution in [3.63, 3.8) is 0 Å². The van der Waals surface area contributed by atoms with Crippen LogP contribution in [-0.2, 0) is 19.2 Å². The quantitative estimate of drug-likeness (QED) is 0.266. The van der Waals surface area contributed by atoms with Crippen molar-refractivity contribution in [2.24, 2.45) is 17.3 Å². The number of hydrogen-bond acceptors (Lipinski definition) is 6. The highest BCUT2D eigenvalue weighted by atomic mass is 16.3. The third-order valence-corrected chi connectivity index (χ3v) is 9.28. The van der Waals surface area contributed by atoms with Crippen molar-refractivity contribution < 1.29 is 24.3 Å². The second-order valence-electron chi connectivity index (χ2n) is 15.4. The van der Waals surface area contributed by atoms with Gasteiger partial charge in [0.25, 0.3) is 0 Å². The highest BCUT2D eigenvalue weighted by Gasteiger charge is 2.40. The average Bonchev–Trinajstić information content (AvgIpc) is 3.46. The van der Waals surface area contributed by atoms with Crippen molar-refractivity contribution in [3.8, 4) is 0 Å². The van der Waals surface area contributed by atoms with Crippen LogP contribution in [0.15, 0.2) is 11.6 Å². The molecule has 1 unspecified atom stereocenters. The Morgan fingerprint density at radius 2 is 1.51 bits per heavy atom. The summed E-state index contributed by atoms with van der Waals surface area (Å²) in [5.41, 5.74) is -0.0629. The molecular weight excluding hydrogens is 570 g/mol. The number of aliphatic hydroxyl groups excluding tert-OH is 1. The van der Waals surface area contributed by atoms with Crippen molar-refractivity contribution in [1.29, 1.82) is 0 Å². The minimum atomic E-state index is -0.742. The summed E-state index contributed by atoms with van der Waals surface area (Å²) in [6.45, 7) is 21.1. The predicted molar refractivity (Wildman–Crippen MR) is 179 cm³/mol. The van der Waals surface area contributed by atoms with Crippen LogP contribution in [-0.4, -0.2) is 106 Å². The highest BCUT2D eigenvalue weighted by Crippen LogP contribution is 2.27. The molecule has 0 aromatic heterocycles. The Morgan fingerprint density at radius 3 is 2.04 bits per heavy atom. The molecule has 2 saturated heterocycles. The van der Waals surface area contributed by atoms with Crippen LogP contribution in [0.1, 0.15) is 108 Å². The Bertz CT molecular complexity index is 1050. The molecule has 0 radical (unpaired) electrons. The number of hydrogen-bond donors (Lipinski definition) is 3. The number of likely N-dealkylation sites (tertiary alicyclic amines) is 2. The Kier molecular flexibility index (Phi) is 14.6. The summed E-state index contributed by atoms with van der Waals surface area (Å²) >= 11 is 0. The van der Waals surface area contributed by atoms with Crippen molar-refractivity contribution in [2.45, 2.75) is 144 Å². The molecule has 5 atom stereocenters. The van der Waals surface area contributed by atoms with Gasteiger partial charge in [-0.3, -0.25) is 24.1 Å². The number of amides is 4. The molecule has 10 heteroatoms. The normalized spacial score (nSPS) is 22.0. The van der Waals surface area contributed by atoms with Gasteiger partial charge in [-0.25, -0.2) is 0 Å². The molecule has 4 amide bonds. The smallest absolute Gasteiger partial charge is 0.249 e. The van der Waals surface area contributed by atoms with Gasteiger partial charge >= 0.3 is 0 Å². The van der Waals surface area contributed by atoms with E-state index in [1.165, 1.54) is 0 Å². The summed E-state index contributed by atoms with van der Waals surface area (Å²) in [5.74, 6) is -0.462. The first-order valence-corrected chi connectivity index (χ1v) is 17.1. The summed E-state index contributed by atoms with van der Waals surface area (Å²) in [5, 5.41) is 15.8. The first kappa shape index (κ1) is 38.7. The SMILES string of the molecule is C/C(=C\[C@H](C(C)C)N(C)C(=O)[C@@H](NC(=O)C1CCCCN1C(C)C)C(C)(C)C)C(=O)N1CCC[C@H]1C(=O)N[C@@H](CO)CC(C)C. The largest absolute Gasteiger partial charge is 0.394 e. The minimum Gasteiger partial charge on any atom is -0.394 e. The highest BCUT2D eigenvalue weighted by molar-refractivity contribution is 5.97. The van der Waals surface area contributed by atoms with E-state index in [0.29, 0.717) is 30.9 Å². The molecule has 2 fully saturated rings. The van der Waals surface area contributed by atoms with Crippen LogP contribution in [0.25, 0.3) is 0 Å². The van der Waals surface area contributed by atoms with E-state index in [0.717, 1.165) is 32.2 Å². The maximum absolute atomic E-state index is 14.1. The van der Waals surface area contributed by atoms with Crippen molar-refractivity contribution >= 4 is 23.6 Å².